The van der Waals surface area contributed by atoms with Crippen molar-refractivity contribution < 1.29 is 4.42 Å². The third-order valence-electron chi connectivity index (χ3n) is 14.5. The molecule has 3 aliphatic carbocycles. The molecule has 292 valence electrons. The molecule has 0 radical (unpaired) electrons. The number of para-hydroxylation sites is 1. The lowest BCUT2D eigenvalue weighted by atomic mass is 9.81. The first kappa shape index (κ1) is 36.2. The molecule has 0 bridgehead atoms. The van der Waals surface area contributed by atoms with Crippen LogP contribution in [-0.4, -0.2) is 0 Å². The van der Waals surface area contributed by atoms with Crippen molar-refractivity contribution in [2.24, 2.45) is 0 Å². The summed E-state index contributed by atoms with van der Waals surface area (Å²) in [4.78, 5) is 2.48. The molecule has 2 nitrogen and oxygen atoms in total. The van der Waals surface area contributed by atoms with Crippen molar-refractivity contribution in [3.05, 3.63) is 172 Å². The number of nitrogens with zero attached hydrogens (tertiary/aromatic N) is 1. The van der Waals surface area contributed by atoms with Crippen LogP contribution in [0, 0.1) is 20.8 Å². The Kier molecular flexibility index (Phi) is 8.03. The summed E-state index contributed by atoms with van der Waals surface area (Å²) in [6.07, 6.45) is 6.28. The molecule has 0 spiro atoms. The van der Waals surface area contributed by atoms with Crippen LogP contribution < -0.4 is 4.90 Å². The Bertz CT molecular complexity index is 2890. The average molecular weight is 768 g/mol. The van der Waals surface area contributed by atoms with Crippen molar-refractivity contribution in [3.63, 3.8) is 0 Å². The van der Waals surface area contributed by atoms with E-state index in [2.05, 4.69) is 181 Å². The number of hydrogen-bond acceptors (Lipinski definition) is 2. The predicted molar refractivity (Wildman–Crippen MR) is 249 cm³/mol. The lowest BCUT2D eigenvalue weighted by Gasteiger charge is -2.29. The minimum absolute atomic E-state index is 0.127. The van der Waals surface area contributed by atoms with Crippen molar-refractivity contribution in [2.75, 3.05) is 4.90 Å². The van der Waals surface area contributed by atoms with Crippen molar-refractivity contribution in [2.45, 2.75) is 97.3 Å². The van der Waals surface area contributed by atoms with Crippen molar-refractivity contribution in [3.8, 4) is 33.4 Å². The molecule has 1 fully saturated rings. The first-order valence-corrected chi connectivity index (χ1v) is 21.9. The number of anilines is 3. The van der Waals surface area contributed by atoms with Gasteiger partial charge in [0.15, 0.2) is 5.58 Å². The molecular weight excluding hydrogens is 715 g/mol. The second-order valence-corrected chi connectivity index (χ2v) is 18.9. The van der Waals surface area contributed by atoms with Gasteiger partial charge < -0.3 is 9.32 Å². The maximum atomic E-state index is 7.39. The van der Waals surface area contributed by atoms with Gasteiger partial charge in [-0.3, -0.25) is 0 Å². The molecule has 59 heavy (non-hydrogen) atoms. The average Bonchev–Trinajstić information content (AvgIpc) is 3.81. The summed E-state index contributed by atoms with van der Waals surface area (Å²) in [7, 11) is 0. The predicted octanol–water partition coefficient (Wildman–Crippen LogP) is 16.3. The van der Waals surface area contributed by atoms with Gasteiger partial charge in [0.1, 0.15) is 5.58 Å². The van der Waals surface area contributed by atoms with Gasteiger partial charge in [0, 0.05) is 33.0 Å². The quantitative estimate of drug-likeness (QED) is 0.173. The van der Waals surface area contributed by atoms with Crippen molar-refractivity contribution in [1.29, 1.82) is 0 Å². The van der Waals surface area contributed by atoms with E-state index in [4.69, 9.17) is 4.42 Å². The number of benzene rings is 7. The zero-order chi connectivity index (χ0) is 40.4. The van der Waals surface area contributed by atoms with E-state index in [1.165, 1.54) is 121 Å². The van der Waals surface area contributed by atoms with E-state index >= 15 is 0 Å². The number of hydrogen-bond donors (Lipinski definition) is 0. The van der Waals surface area contributed by atoms with Crippen molar-refractivity contribution in [1.82, 2.24) is 0 Å². The highest BCUT2D eigenvalue weighted by atomic mass is 16.3. The molecule has 0 N–H and O–H groups in total. The smallest absolute Gasteiger partial charge is 0.159 e. The summed E-state index contributed by atoms with van der Waals surface area (Å²) in [5.74, 6) is 0.485. The number of fused-ring (bicyclic) bond motifs is 9. The summed E-state index contributed by atoms with van der Waals surface area (Å²) < 4.78 is 7.39. The summed E-state index contributed by atoms with van der Waals surface area (Å²) in [6.45, 7) is 16.3. The van der Waals surface area contributed by atoms with Crippen LogP contribution in [0.5, 0.6) is 0 Å². The monoisotopic (exact) mass is 767 g/mol. The summed E-state index contributed by atoms with van der Waals surface area (Å²) >= 11 is 0. The molecule has 0 unspecified atom stereocenters. The van der Waals surface area contributed by atoms with E-state index in [0.717, 1.165) is 28.2 Å². The molecule has 1 aromatic heterocycles. The molecule has 3 aliphatic rings. The second kappa shape index (κ2) is 13.1. The van der Waals surface area contributed by atoms with Crippen LogP contribution in [0.3, 0.4) is 0 Å². The Morgan fingerprint density at radius 1 is 0.508 bits per heavy atom. The van der Waals surface area contributed by atoms with Gasteiger partial charge in [0.2, 0.25) is 0 Å². The Labute approximate surface area is 349 Å². The van der Waals surface area contributed by atoms with Crippen LogP contribution in [0.4, 0.5) is 17.1 Å². The van der Waals surface area contributed by atoms with E-state index in [-0.39, 0.29) is 10.8 Å². The fourth-order valence-corrected chi connectivity index (χ4v) is 11.7. The highest BCUT2D eigenvalue weighted by molar-refractivity contribution is 6.12. The normalized spacial score (nSPS) is 16.3. The molecule has 1 heterocycles. The molecular formula is C57H53NO. The molecule has 8 aromatic rings. The standard InChI is InChI=1S/C57H53NO/c1-34-28-35(2)53(36(3)29-34)38-30-46(37-16-9-8-10-17-37)54-47(31-38)45-20-15-23-52(55(45)59-54)58(39-24-26-43-41-18-11-13-21-48(41)56(4,5)50(43)32-39)40-25-27-44-42-19-12-14-22-49(42)57(6,7)51(44)33-40/h11-15,18-33,37H,8-10,16-17H2,1-7H3. The van der Waals surface area contributed by atoms with Crippen LogP contribution in [0.1, 0.15) is 110 Å². The minimum atomic E-state index is -0.127. The molecule has 1 saturated carbocycles. The van der Waals surface area contributed by atoms with E-state index in [9.17, 15) is 0 Å². The summed E-state index contributed by atoms with van der Waals surface area (Å²) in [6, 6.07) is 48.6. The van der Waals surface area contributed by atoms with E-state index < -0.39 is 0 Å². The number of aryl methyl sites for hydroxylation is 3. The van der Waals surface area contributed by atoms with Gasteiger partial charge in [-0.15, -0.1) is 0 Å². The van der Waals surface area contributed by atoms with Crippen LogP contribution in [0.2, 0.25) is 0 Å². The zero-order valence-electron chi connectivity index (χ0n) is 35.6. The number of rotatable bonds is 5. The highest BCUT2D eigenvalue weighted by Gasteiger charge is 2.38. The van der Waals surface area contributed by atoms with Crippen LogP contribution in [0.15, 0.2) is 132 Å². The van der Waals surface area contributed by atoms with Crippen LogP contribution in [-0.2, 0) is 10.8 Å². The van der Waals surface area contributed by atoms with Gasteiger partial charge in [0.05, 0.1) is 5.69 Å². The summed E-state index contributed by atoms with van der Waals surface area (Å²) in [5.41, 5.74) is 23.9. The van der Waals surface area contributed by atoms with Gasteiger partial charge in [-0.05, 0) is 154 Å². The van der Waals surface area contributed by atoms with Gasteiger partial charge >= 0.3 is 0 Å². The Balaban J connectivity index is 1.17. The fourth-order valence-electron chi connectivity index (χ4n) is 11.7. The first-order valence-electron chi connectivity index (χ1n) is 21.9. The third-order valence-corrected chi connectivity index (χ3v) is 14.5. The van der Waals surface area contributed by atoms with Gasteiger partial charge in [-0.1, -0.05) is 137 Å². The zero-order valence-corrected chi connectivity index (χ0v) is 35.6. The molecule has 2 heteroatoms. The first-order chi connectivity index (χ1) is 28.5. The van der Waals surface area contributed by atoms with Crippen molar-refractivity contribution >= 4 is 39.0 Å². The molecule has 7 aromatic carbocycles. The largest absolute Gasteiger partial charge is 0.454 e. The fraction of sp³-hybridized carbons (Fsp3) is 0.263. The van der Waals surface area contributed by atoms with Crippen LogP contribution >= 0.6 is 0 Å². The van der Waals surface area contributed by atoms with Crippen LogP contribution in [0.25, 0.3) is 55.3 Å². The second-order valence-electron chi connectivity index (χ2n) is 18.9. The van der Waals surface area contributed by atoms with E-state index in [1.54, 1.807) is 0 Å². The lowest BCUT2D eigenvalue weighted by molar-refractivity contribution is 0.442. The Morgan fingerprint density at radius 2 is 1.07 bits per heavy atom. The number of furan rings is 1. The lowest BCUT2D eigenvalue weighted by Crippen LogP contribution is -2.18. The molecule has 0 saturated heterocycles. The van der Waals surface area contributed by atoms with E-state index in [0.29, 0.717) is 5.92 Å². The summed E-state index contributed by atoms with van der Waals surface area (Å²) in [5, 5.41) is 2.39. The van der Waals surface area contributed by atoms with Gasteiger partial charge in [0.25, 0.3) is 0 Å². The SMILES string of the molecule is Cc1cc(C)c(-c2cc(C3CCCCC3)c3oc4c(N(c5ccc6c(c5)C(C)(C)c5ccccc5-6)c5ccc6c(c5)C(C)(C)c5ccccc5-6)cccc4c3c2)c(C)c1. The third kappa shape index (κ3) is 5.38. The molecule has 11 rings (SSSR count). The maximum absolute atomic E-state index is 7.39. The topological polar surface area (TPSA) is 16.4 Å². The highest BCUT2D eigenvalue weighted by Crippen LogP contribution is 2.54. The van der Waals surface area contributed by atoms with Gasteiger partial charge in [-0.25, -0.2) is 0 Å². The van der Waals surface area contributed by atoms with Gasteiger partial charge in [-0.2, -0.15) is 0 Å². The van der Waals surface area contributed by atoms with E-state index in [1.807, 2.05) is 0 Å². The molecule has 0 amide bonds. The molecule has 0 atom stereocenters. The minimum Gasteiger partial charge on any atom is -0.454 e. The maximum Gasteiger partial charge on any atom is 0.159 e. The Morgan fingerprint density at radius 3 is 1.66 bits per heavy atom. The molecule has 0 aliphatic heterocycles. The Hall–Kier alpha value is -5.86.